The van der Waals surface area contributed by atoms with Crippen LogP contribution in [0.25, 0.3) is 0 Å². The third-order valence-corrected chi connectivity index (χ3v) is 4.25. The molecule has 0 fully saturated rings. The predicted molar refractivity (Wildman–Crippen MR) is 84.7 cm³/mol. The quantitative estimate of drug-likeness (QED) is 0.839. The molecule has 0 radical (unpaired) electrons. The Morgan fingerprint density at radius 2 is 1.81 bits per heavy atom. The van der Waals surface area contributed by atoms with Crippen molar-refractivity contribution in [2.45, 2.75) is 25.6 Å². The molecule has 3 heteroatoms. The average Bonchev–Trinajstić information content (AvgIpc) is 3.11. The summed E-state index contributed by atoms with van der Waals surface area (Å²) in [6.07, 6.45) is 1.05. The number of anilines is 1. The van der Waals surface area contributed by atoms with Crippen LogP contribution in [-0.4, -0.2) is 18.7 Å². The number of hydrogen-bond acceptors (Lipinski definition) is 3. The van der Waals surface area contributed by atoms with E-state index in [2.05, 4.69) is 53.4 Å². The summed E-state index contributed by atoms with van der Waals surface area (Å²) in [5.41, 5.74) is 3.90. The fraction of sp³-hybridized carbons (Fsp3) is 0.278. The molecule has 2 unspecified atom stereocenters. The monoisotopic (exact) mass is 278 g/mol. The fourth-order valence-electron chi connectivity index (χ4n) is 3.28. The predicted octanol–water partition coefficient (Wildman–Crippen LogP) is 3.57. The molecule has 0 bridgehead atoms. The van der Waals surface area contributed by atoms with Gasteiger partial charge in [0.2, 0.25) is 6.23 Å². The Hall–Kier alpha value is -2.29. The van der Waals surface area contributed by atoms with Crippen molar-refractivity contribution in [3.8, 4) is 0 Å². The summed E-state index contributed by atoms with van der Waals surface area (Å²) in [5.74, 6) is 0.776. The first-order valence-corrected chi connectivity index (χ1v) is 7.43. The molecule has 0 saturated heterocycles. The zero-order valence-electron chi connectivity index (χ0n) is 12.1. The molecular weight excluding hydrogens is 260 g/mol. The van der Waals surface area contributed by atoms with Gasteiger partial charge in [-0.05, 0) is 23.6 Å². The first kappa shape index (κ1) is 12.5. The van der Waals surface area contributed by atoms with Gasteiger partial charge in [-0.15, -0.1) is 0 Å². The molecule has 106 valence electrons. The van der Waals surface area contributed by atoms with Gasteiger partial charge in [0.25, 0.3) is 0 Å². The third kappa shape index (κ3) is 2.09. The Kier molecular flexibility index (Phi) is 2.92. The third-order valence-electron chi connectivity index (χ3n) is 4.25. The van der Waals surface area contributed by atoms with Crippen LogP contribution in [-0.2, 0) is 11.2 Å². The van der Waals surface area contributed by atoms with Crippen molar-refractivity contribution in [2.24, 2.45) is 4.99 Å². The van der Waals surface area contributed by atoms with Crippen molar-refractivity contribution in [1.29, 1.82) is 0 Å². The highest BCUT2D eigenvalue weighted by atomic mass is 16.5. The molecule has 2 aromatic carbocycles. The number of para-hydroxylation sites is 1. The van der Waals surface area contributed by atoms with Gasteiger partial charge in [0.05, 0.1) is 0 Å². The van der Waals surface area contributed by atoms with Gasteiger partial charge in [0.15, 0.2) is 5.90 Å². The largest absolute Gasteiger partial charge is 0.455 e. The van der Waals surface area contributed by atoms with Gasteiger partial charge in [-0.2, -0.15) is 0 Å². The number of benzene rings is 2. The zero-order valence-corrected chi connectivity index (χ0v) is 12.1. The van der Waals surface area contributed by atoms with Gasteiger partial charge in [-0.1, -0.05) is 48.5 Å². The van der Waals surface area contributed by atoms with Crippen molar-refractivity contribution in [2.75, 3.05) is 11.4 Å². The second-order valence-corrected chi connectivity index (χ2v) is 5.58. The summed E-state index contributed by atoms with van der Waals surface area (Å²) >= 11 is 0. The highest BCUT2D eigenvalue weighted by Gasteiger charge is 2.38. The Morgan fingerprint density at radius 3 is 2.67 bits per heavy atom. The summed E-state index contributed by atoms with van der Waals surface area (Å²) in [6, 6.07) is 19.1. The molecule has 4 rings (SSSR count). The lowest BCUT2D eigenvalue weighted by atomic mass is 10.1. The molecule has 2 atom stereocenters. The van der Waals surface area contributed by atoms with Crippen LogP contribution in [0.2, 0.25) is 0 Å². The summed E-state index contributed by atoms with van der Waals surface area (Å²) < 4.78 is 6.05. The van der Waals surface area contributed by atoms with E-state index in [1.54, 1.807) is 0 Å². The highest BCUT2D eigenvalue weighted by molar-refractivity contribution is 5.76. The van der Waals surface area contributed by atoms with E-state index in [1.165, 1.54) is 16.8 Å². The van der Waals surface area contributed by atoms with Crippen LogP contribution in [0.4, 0.5) is 5.69 Å². The average molecular weight is 278 g/mol. The summed E-state index contributed by atoms with van der Waals surface area (Å²) in [4.78, 5) is 7.06. The van der Waals surface area contributed by atoms with Crippen LogP contribution < -0.4 is 4.90 Å². The lowest BCUT2D eigenvalue weighted by molar-refractivity contribution is 0.187. The maximum atomic E-state index is 6.05. The molecule has 0 aliphatic carbocycles. The van der Waals surface area contributed by atoms with Crippen molar-refractivity contribution < 1.29 is 4.74 Å². The molecule has 0 saturated carbocycles. The van der Waals surface area contributed by atoms with Gasteiger partial charge < -0.3 is 9.64 Å². The second kappa shape index (κ2) is 4.92. The number of aliphatic imine (C=N–C) groups is 1. The molecule has 21 heavy (non-hydrogen) atoms. The normalized spacial score (nSPS) is 23.7. The molecule has 0 aromatic heterocycles. The van der Waals surface area contributed by atoms with E-state index in [1.807, 2.05) is 13.0 Å². The van der Waals surface area contributed by atoms with Gasteiger partial charge in [-0.3, -0.25) is 0 Å². The van der Waals surface area contributed by atoms with Crippen LogP contribution in [0.3, 0.4) is 0 Å². The van der Waals surface area contributed by atoms with Crippen LogP contribution in [0, 0.1) is 0 Å². The minimum Gasteiger partial charge on any atom is -0.455 e. The van der Waals surface area contributed by atoms with E-state index in [0.717, 1.165) is 18.9 Å². The smallest absolute Gasteiger partial charge is 0.200 e. The minimum absolute atomic E-state index is 0.0314. The maximum Gasteiger partial charge on any atom is 0.200 e. The van der Waals surface area contributed by atoms with E-state index in [9.17, 15) is 0 Å². The lowest BCUT2D eigenvalue weighted by Crippen LogP contribution is -2.38. The van der Waals surface area contributed by atoms with Crippen LogP contribution in [0.15, 0.2) is 59.6 Å². The summed E-state index contributed by atoms with van der Waals surface area (Å²) in [5, 5.41) is 0. The first-order chi connectivity index (χ1) is 10.3. The fourth-order valence-corrected chi connectivity index (χ4v) is 3.28. The van der Waals surface area contributed by atoms with Gasteiger partial charge in [0.1, 0.15) is 6.04 Å². The first-order valence-electron chi connectivity index (χ1n) is 7.43. The molecule has 0 amide bonds. The number of nitrogens with zero attached hydrogens (tertiary/aromatic N) is 2. The van der Waals surface area contributed by atoms with Gasteiger partial charge in [0, 0.05) is 19.2 Å². The Morgan fingerprint density at radius 1 is 1.05 bits per heavy atom. The Labute approximate surface area is 124 Å². The lowest BCUT2D eigenvalue weighted by Gasteiger charge is -2.30. The maximum absolute atomic E-state index is 6.05. The van der Waals surface area contributed by atoms with E-state index in [-0.39, 0.29) is 12.3 Å². The number of fused-ring (bicyclic) bond motifs is 1. The van der Waals surface area contributed by atoms with Crippen molar-refractivity contribution in [3.05, 3.63) is 65.7 Å². The van der Waals surface area contributed by atoms with E-state index >= 15 is 0 Å². The molecule has 3 nitrogen and oxygen atoms in total. The molecule has 0 N–H and O–H groups in total. The Bertz CT molecular complexity index is 681. The number of rotatable bonds is 2. The summed E-state index contributed by atoms with van der Waals surface area (Å²) in [7, 11) is 0. The molecule has 2 heterocycles. The molecule has 2 aliphatic rings. The Balaban J connectivity index is 1.69. The zero-order chi connectivity index (χ0) is 14.2. The molecule has 2 aliphatic heterocycles. The van der Waals surface area contributed by atoms with E-state index < -0.39 is 0 Å². The second-order valence-electron chi connectivity index (χ2n) is 5.58. The SMILES string of the molecule is CC1=NC(c2ccccc2)C(N2CCc3ccccc32)O1. The summed E-state index contributed by atoms with van der Waals surface area (Å²) in [6.45, 7) is 2.94. The standard InChI is InChI=1S/C18H18N2O/c1-13-19-17(15-8-3-2-4-9-15)18(21-13)20-12-11-14-7-5-6-10-16(14)20/h2-10,17-18H,11-12H2,1H3. The van der Waals surface area contributed by atoms with Crippen molar-refractivity contribution in [3.63, 3.8) is 0 Å². The topological polar surface area (TPSA) is 24.8 Å². The number of ether oxygens (including phenoxy) is 1. The van der Waals surface area contributed by atoms with E-state index in [4.69, 9.17) is 9.73 Å². The molecular formula is C18H18N2O. The molecule has 0 spiro atoms. The minimum atomic E-state index is -0.0314. The molecule has 2 aromatic rings. The van der Waals surface area contributed by atoms with Crippen LogP contribution in [0.5, 0.6) is 0 Å². The van der Waals surface area contributed by atoms with E-state index in [0.29, 0.717) is 0 Å². The van der Waals surface area contributed by atoms with Crippen LogP contribution in [0.1, 0.15) is 24.1 Å². The van der Waals surface area contributed by atoms with Gasteiger partial charge >= 0.3 is 0 Å². The highest BCUT2D eigenvalue weighted by Crippen LogP contribution is 2.38. The van der Waals surface area contributed by atoms with Crippen LogP contribution >= 0.6 is 0 Å². The van der Waals surface area contributed by atoms with Crippen molar-refractivity contribution >= 4 is 11.6 Å². The van der Waals surface area contributed by atoms with Crippen molar-refractivity contribution in [1.82, 2.24) is 0 Å². The number of hydrogen-bond donors (Lipinski definition) is 0. The van der Waals surface area contributed by atoms with Gasteiger partial charge in [-0.25, -0.2) is 4.99 Å².